The summed E-state index contributed by atoms with van der Waals surface area (Å²) in [6.45, 7) is 5.83. The molecule has 3 N–H and O–H groups in total. The highest BCUT2D eigenvalue weighted by Crippen LogP contribution is 2.32. The van der Waals surface area contributed by atoms with E-state index in [0.29, 0.717) is 28.8 Å². The third-order valence-electron chi connectivity index (χ3n) is 6.74. The summed E-state index contributed by atoms with van der Waals surface area (Å²) in [4.78, 5) is 75.2. The standard InChI is InChI=1S/C30H34N4O7/c1-30(2,3)41-29(40)19-12-10-18(11-13-19)16-31-24(35)8-5-9-25(36)32-22-7-4-6-20-21(22)17-34(28(20)39)23-14-15-26(37)33-27(23)38/h4,6-7,10-13,23H,5,8-9,14-17H2,1-3H3,(H,31,35)(H,32,36)(H,33,37,38). The van der Waals surface area contributed by atoms with Gasteiger partial charge in [-0.1, -0.05) is 18.2 Å². The molecule has 2 heterocycles. The Morgan fingerprint density at radius 2 is 1.71 bits per heavy atom. The normalized spacial score (nSPS) is 16.6. The molecule has 2 aromatic rings. The molecule has 4 rings (SSSR count). The Bertz CT molecular complexity index is 1380. The minimum Gasteiger partial charge on any atom is -0.456 e. The summed E-state index contributed by atoms with van der Waals surface area (Å²) in [6.07, 6.45) is 0.996. The van der Waals surface area contributed by atoms with Crippen molar-refractivity contribution < 1.29 is 33.5 Å². The van der Waals surface area contributed by atoms with E-state index in [2.05, 4.69) is 16.0 Å². The fraction of sp³-hybridized carbons (Fsp3) is 0.400. The van der Waals surface area contributed by atoms with Gasteiger partial charge in [-0.3, -0.25) is 29.3 Å². The number of amides is 5. The van der Waals surface area contributed by atoms with Crippen LogP contribution < -0.4 is 16.0 Å². The number of carbonyl (C=O) groups excluding carboxylic acids is 6. The number of nitrogens with one attached hydrogen (secondary N) is 3. The number of esters is 1. The summed E-state index contributed by atoms with van der Waals surface area (Å²) in [6, 6.07) is 11.1. The number of hydrogen-bond acceptors (Lipinski definition) is 7. The predicted molar refractivity (Wildman–Crippen MR) is 148 cm³/mol. The van der Waals surface area contributed by atoms with Crippen molar-refractivity contribution in [2.45, 2.75) is 77.6 Å². The van der Waals surface area contributed by atoms with Gasteiger partial charge in [-0.25, -0.2) is 4.79 Å². The first-order chi connectivity index (χ1) is 19.4. The van der Waals surface area contributed by atoms with Crippen molar-refractivity contribution in [3.8, 4) is 0 Å². The van der Waals surface area contributed by atoms with Gasteiger partial charge in [-0.2, -0.15) is 0 Å². The van der Waals surface area contributed by atoms with E-state index in [9.17, 15) is 28.8 Å². The molecule has 0 saturated carbocycles. The zero-order chi connectivity index (χ0) is 29.7. The van der Waals surface area contributed by atoms with Crippen LogP contribution in [0, 0.1) is 0 Å². The Morgan fingerprint density at radius 3 is 2.39 bits per heavy atom. The molecule has 1 fully saturated rings. The van der Waals surface area contributed by atoms with Gasteiger partial charge in [-0.15, -0.1) is 0 Å². The molecule has 2 aliphatic rings. The molecule has 5 amide bonds. The maximum atomic E-state index is 13.0. The maximum Gasteiger partial charge on any atom is 0.338 e. The molecule has 0 aromatic heterocycles. The highest BCUT2D eigenvalue weighted by Gasteiger charge is 2.40. The van der Waals surface area contributed by atoms with Gasteiger partial charge in [0.25, 0.3) is 5.91 Å². The fourth-order valence-electron chi connectivity index (χ4n) is 4.71. The van der Waals surface area contributed by atoms with Gasteiger partial charge in [0.05, 0.1) is 5.56 Å². The first kappa shape index (κ1) is 29.4. The second kappa shape index (κ2) is 12.3. The van der Waals surface area contributed by atoms with Crippen molar-refractivity contribution in [2.75, 3.05) is 5.32 Å². The smallest absolute Gasteiger partial charge is 0.338 e. The average molecular weight is 563 g/mol. The van der Waals surface area contributed by atoms with Crippen LogP contribution in [0.3, 0.4) is 0 Å². The second-order valence-electron chi connectivity index (χ2n) is 11.1. The average Bonchev–Trinajstić information content (AvgIpc) is 3.24. The van der Waals surface area contributed by atoms with Crippen molar-refractivity contribution in [1.29, 1.82) is 0 Å². The number of ether oxygens (including phenoxy) is 1. The minimum absolute atomic E-state index is 0.104. The Kier molecular flexibility index (Phi) is 8.85. The number of piperidine rings is 1. The molecule has 2 aromatic carbocycles. The first-order valence-corrected chi connectivity index (χ1v) is 13.6. The monoisotopic (exact) mass is 562 g/mol. The summed E-state index contributed by atoms with van der Waals surface area (Å²) >= 11 is 0. The van der Waals surface area contributed by atoms with Crippen LogP contribution in [0.5, 0.6) is 0 Å². The molecule has 0 aliphatic carbocycles. The van der Waals surface area contributed by atoms with Gasteiger partial charge in [0.2, 0.25) is 23.6 Å². The van der Waals surface area contributed by atoms with Crippen LogP contribution in [-0.2, 0) is 37.0 Å². The van der Waals surface area contributed by atoms with Gasteiger partial charge in [-0.05, 0) is 63.4 Å². The lowest BCUT2D eigenvalue weighted by Gasteiger charge is -2.29. The van der Waals surface area contributed by atoms with E-state index < -0.39 is 23.5 Å². The van der Waals surface area contributed by atoms with Crippen LogP contribution in [-0.4, -0.2) is 52.0 Å². The Labute approximate surface area is 238 Å². The van der Waals surface area contributed by atoms with Crippen LogP contribution in [0.15, 0.2) is 42.5 Å². The zero-order valence-corrected chi connectivity index (χ0v) is 23.4. The van der Waals surface area contributed by atoms with Crippen molar-refractivity contribution in [2.24, 2.45) is 0 Å². The number of fused-ring (bicyclic) bond motifs is 1. The molecule has 2 aliphatic heterocycles. The first-order valence-electron chi connectivity index (χ1n) is 13.6. The molecule has 0 bridgehead atoms. The largest absolute Gasteiger partial charge is 0.456 e. The van der Waals surface area contributed by atoms with Crippen molar-refractivity contribution in [1.82, 2.24) is 15.5 Å². The highest BCUT2D eigenvalue weighted by atomic mass is 16.6. The molecule has 216 valence electrons. The van der Waals surface area contributed by atoms with E-state index in [1.165, 1.54) is 4.90 Å². The summed E-state index contributed by atoms with van der Waals surface area (Å²) in [5.74, 6) is -2.09. The SMILES string of the molecule is CC(C)(C)OC(=O)c1ccc(CNC(=O)CCCC(=O)Nc2cccc3c2CN(C2CCC(=O)NC2=O)C3=O)cc1. The molecule has 1 unspecified atom stereocenters. The Balaban J connectivity index is 1.22. The lowest BCUT2D eigenvalue weighted by molar-refractivity contribution is -0.137. The lowest BCUT2D eigenvalue weighted by atomic mass is 10.0. The number of carbonyl (C=O) groups is 6. The fourth-order valence-corrected chi connectivity index (χ4v) is 4.71. The van der Waals surface area contributed by atoms with Gasteiger partial charge < -0.3 is 20.3 Å². The number of hydrogen-bond donors (Lipinski definition) is 3. The van der Waals surface area contributed by atoms with Crippen LogP contribution in [0.4, 0.5) is 5.69 Å². The van der Waals surface area contributed by atoms with Crippen molar-refractivity contribution in [3.63, 3.8) is 0 Å². The van der Waals surface area contributed by atoms with E-state index in [1.807, 2.05) is 0 Å². The highest BCUT2D eigenvalue weighted by molar-refractivity contribution is 6.06. The molecular weight excluding hydrogens is 528 g/mol. The van der Waals surface area contributed by atoms with E-state index in [1.54, 1.807) is 63.2 Å². The van der Waals surface area contributed by atoms with Crippen LogP contribution in [0.2, 0.25) is 0 Å². The van der Waals surface area contributed by atoms with Crippen LogP contribution >= 0.6 is 0 Å². The molecule has 1 saturated heterocycles. The molecule has 0 spiro atoms. The van der Waals surface area contributed by atoms with Gasteiger partial charge in [0, 0.05) is 49.2 Å². The van der Waals surface area contributed by atoms with Crippen molar-refractivity contribution in [3.05, 3.63) is 64.7 Å². The van der Waals surface area contributed by atoms with E-state index in [4.69, 9.17) is 4.74 Å². The third kappa shape index (κ3) is 7.56. The van der Waals surface area contributed by atoms with Crippen molar-refractivity contribution >= 4 is 41.2 Å². The minimum atomic E-state index is -0.738. The summed E-state index contributed by atoms with van der Waals surface area (Å²) in [7, 11) is 0. The molecular formula is C30H34N4O7. The molecule has 1 atom stereocenters. The molecule has 41 heavy (non-hydrogen) atoms. The third-order valence-corrected chi connectivity index (χ3v) is 6.74. The molecule has 11 heteroatoms. The van der Waals surface area contributed by atoms with Gasteiger partial charge >= 0.3 is 5.97 Å². The number of nitrogens with zero attached hydrogens (tertiary/aromatic N) is 1. The Morgan fingerprint density at radius 1 is 1.00 bits per heavy atom. The summed E-state index contributed by atoms with van der Waals surface area (Å²) in [5, 5.41) is 7.90. The van der Waals surface area contributed by atoms with Gasteiger partial charge in [0.15, 0.2) is 0 Å². The number of anilines is 1. The van der Waals surface area contributed by atoms with Crippen LogP contribution in [0.25, 0.3) is 0 Å². The number of rotatable bonds is 9. The Hall–Kier alpha value is -4.54. The maximum absolute atomic E-state index is 13.0. The molecule has 0 radical (unpaired) electrons. The predicted octanol–water partition coefficient (Wildman–Crippen LogP) is 2.83. The zero-order valence-electron chi connectivity index (χ0n) is 23.4. The molecule has 11 nitrogen and oxygen atoms in total. The van der Waals surface area contributed by atoms with Gasteiger partial charge in [0.1, 0.15) is 11.6 Å². The number of benzene rings is 2. The van der Waals surface area contributed by atoms with Crippen LogP contribution in [0.1, 0.15) is 84.7 Å². The summed E-state index contributed by atoms with van der Waals surface area (Å²) < 4.78 is 5.34. The quantitative estimate of drug-likeness (QED) is 0.314. The van der Waals surface area contributed by atoms with E-state index >= 15 is 0 Å². The summed E-state index contributed by atoms with van der Waals surface area (Å²) in [5.41, 5.74) is 2.17. The van der Waals surface area contributed by atoms with E-state index in [0.717, 1.165) is 5.56 Å². The lowest BCUT2D eigenvalue weighted by Crippen LogP contribution is -2.52. The van der Waals surface area contributed by atoms with E-state index in [-0.39, 0.29) is 62.4 Å². The topological polar surface area (TPSA) is 151 Å². The number of imide groups is 1. The second-order valence-corrected chi connectivity index (χ2v) is 11.1.